The molecule has 0 aromatic carbocycles. The van der Waals surface area contributed by atoms with Gasteiger partial charge < -0.3 is 14.4 Å². The van der Waals surface area contributed by atoms with Crippen molar-refractivity contribution in [1.82, 2.24) is 14.7 Å². The van der Waals surface area contributed by atoms with Crippen LogP contribution in [-0.4, -0.2) is 94.1 Å². The molecule has 2 rings (SSSR count). The van der Waals surface area contributed by atoms with E-state index in [4.69, 9.17) is 9.47 Å². The van der Waals surface area contributed by atoms with Gasteiger partial charge in [0.1, 0.15) is 6.61 Å². The number of likely N-dealkylation sites (N-methyl/N-ethyl adjacent to an activating group) is 1. The number of ether oxygens (including phenoxy) is 2. The highest BCUT2D eigenvalue weighted by atomic mass is 19.4. The molecule has 0 N–H and O–H groups in total. The molecule has 0 bridgehead atoms. The van der Waals surface area contributed by atoms with E-state index < -0.39 is 12.7 Å². The van der Waals surface area contributed by atoms with Gasteiger partial charge >= 0.3 is 6.18 Å². The Hall–Kier alpha value is -1.25. The third kappa shape index (κ3) is 7.55. The van der Waals surface area contributed by atoms with Crippen molar-refractivity contribution in [1.29, 1.82) is 0 Å². The molecule has 0 unspecified atom stereocenters. The predicted octanol–water partition coefficient (Wildman–Crippen LogP) is 2.32. The highest BCUT2D eigenvalue weighted by Gasteiger charge is 2.29. The van der Waals surface area contributed by atoms with Crippen molar-refractivity contribution in [3.05, 3.63) is 23.6 Å². The second kappa shape index (κ2) is 10.2. The lowest BCUT2D eigenvalue weighted by molar-refractivity contribution is -0.143. The topological polar surface area (TPSA) is 28.2 Å². The fourth-order valence-corrected chi connectivity index (χ4v) is 3.20. The van der Waals surface area contributed by atoms with E-state index in [9.17, 15) is 13.2 Å². The summed E-state index contributed by atoms with van der Waals surface area (Å²) in [5.41, 5.74) is 1.32. The van der Waals surface area contributed by atoms with E-state index >= 15 is 0 Å². The van der Waals surface area contributed by atoms with Crippen LogP contribution in [0.2, 0.25) is 0 Å². The zero-order valence-corrected chi connectivity index (χ0v) is 15.7. The Morgan fingerprint density at radius 3 is 2.38 bits per heavy atom. The van der Waals surface area contributed by atoms with Gasteiger partial charge in [-0.3, -0.25) is 9.80 Å². The summed E-state index contributed by atoms with van der Waals surface area (Å²) >= 11 is 0. The van der Waals surface area contributed by atoms with Gasteiger partial charge in [-0.1, -0.05) is 0 Å². The molecular weight excluding hydrogens is 347 g/mol. The number of hydrogen-bond acceptors (Lipinski definition) is 5. The van der Waals surface area contributed by atoms with Gasteiger partial charge in [0.2, 0.25) is 0 Å². The predicted molar refractivity (Wildman–Crippen MR) is 94.8 cm³/mol. The van der Waals surface area contributed by atoms with Crippen LogP contribution in [0.25, 0.3) is 0 Å². The molecule has 0 amide bonds. The summed E-state index contributed by atoms with van der Waals surface area (Å²) in [5, 5.41) is 0. The van der Waals surface area contributed by atoms with E-state index in [0.717, 1.165) is 44.8 Å². The Balaban J connectivity index is 1.68. The first-order chi connectivity index (χ1) is 12.4. The molecule has 0 saturated carbocycles. The second-order valence-electron chi connectivity index (χ2n) is 6.81. The van der Waals surface area contributed by atoms with Gasteiger partial charge in [0.05, 0.1) is 18.9 Å². The van der Waals surface area contributed by atoms with Gasteiger partial charge in [0, 0.05) is 58.5 Å². The van der Waals surface area contributed by atoms with E-state index in [1.54, 1.807) is 7.11 Å². The Labute approximate surface area is 154 Å². The van der Waals surface area contributed by atoms with Crippen LogP contribution in [0.3, 0.4) is 0 Å². The Morgan fingerprint density at radius 1 is 1.08 bits per heavy atom. The van der Waals surface area contributed by atoms with Gasteiger partial charge in [-0.2, -0.15) is 13.2 Å². The Kier molecular flexibility index (Phi) is 8.24. The zero-order valence-electron chi connectivity index (χ0n) is 15.7. The van der Waals surface area contributed by atoms with Crippen molar-refractivity contribution in [2.45, 2.75) is 19.0 Å². The minimum atomic E-state index is -4.12. The summed E-state index contributed by atoms with van der Waals surface area (Å²) in [6, 6.07) is 0. The second-order valence-corrected chi connectivity index (χ2v) is 6.81. The Bertz CT molecular complexity index is 487. The van der Waals surface area contributed by atoms with Crippen molar-refractivity contribution in [3.8, 4) is 0 Å². The van der Waals surface area contributed by atoms with Crippen LogP contribution in [0.15, 0.2) is 23.6 Å². The maximum absolute atomic E-state index is 12.4. The van der Waals surface area contributed by atoms with Crippen molar-refractivity contribution in [2.75, 3.05) is 73.2 Å². The van der Waals surface area contributed by atoms with Crippen LogP contribution in [0.5, 0.6) is 0 Å². The molecule has 0 spiro atoms. The summed E-state index contributed by atoms with van der Waals surface area (Å²) in [6.07, 6.45) is 1.90. The quantitative estimate of drug-likeness (QED) is 0.575. The van der Waals surface area contributed by atoms with E-state index in [1.807, 2.05) is 6.08 Å². The fourth-order valence-electron chi connectivity index (χ4n) is 3.20. The van der Waals surface area contributed by atoms with Gasteiger partial charge in [-0.25, -0.2) is 0 Å². The highest BCUT2D eigenvalue weighted by Crippen LogP contribution is 2.23. The fraction of sp³-hybridized carbons (Fsp3) is 0.778. The molecule has 1 heterocycles. The molecule has 0 radical (unpaired) electrons. The van der Waals surface area contributed by atoms with Crippen molar-refractivity contribution >= 4 is 0 Å². The number of methoxy groups -OCH3 is 1. The molecule has 1 fully saturated rings. The summed E-state index contributed by atoms with van der Waals surface area (Å²) in [6.45, 7) is 5.05. The lowest BCUT2D eigenvalue weighted by atomic mass is 10.1. The third-order valence-corrected chi connectivity index (χ3v) is 4.69. The highest BCUT2D eigenvalue weighted by molar-refractivity contribution is 5.20. The third-order valence-electron chi connectivity index (χ3n) is 4.69. The molecule has 1 aliphatic heterocycles. The number of alkyl halides is 3. The SMILES string of the molecule is COCCOC1=CC=C(N2CCN(CCN(C)CC(F)(F)F)CC2)CC1. The smallest absolute Gasteiger partial charge is 0.401 e. The minimum absolute atomic E-state index is 0.438. The summed E-state index contributed by atoms with van der Waals surface area (Å²) in [7, 11) is 3.18. The molecule has 1 aliphatic carbocycles. The lowest BCUT2D eigenvalue weighted by Gasteiger charge is -2.38. The standard InChI is InChI=1S/C18H30F3N3O2/c1-22(15-18(19,20)21)7-8-23-9-11-24(12-10-23)16-3-5-17(6-4-16)26-14-13-25-2/h3,5H,4,6-15H2,1-2H3. The van der Waals surface area contributed by atoms with E-state index in [-0.39, 0.29) is 0 Å². The van der Waals surface area contributed by atoms with Crippen LogP contribution < -0.4 is 0 Å². The van der Waals surface area contributed by atoms with Crippen molar-refractivity contribution in [2.24, 2.45) is 0 Å². The van der Waals surface area contributed by atoms with Crippen molar-refractivity contribution in [3.63, 3.8) is 0 Å². The zero-order chi connectivity index (χ0) is 19.0. The van der Waals surface area contributed by atoms with Crippen LogP contribution in [0, 0.1) is 0 Å². The van der Waals surface area contributed by atoms with Gasteiger partial charge in [0.15, 0.2) is 0 Å². The van der Waals surface area contributed by atoms with E-state index in [0.29, 0.717) is 26.3 Å². The van der Waals surface area contributed by atoms with Gasteiger partial charge in [-0.05, 0) is 25.6 Å². The molecule has 1 saturated heterocycles. The molecule has 2 aliphatic rings. The summed E-state index contributed by atoms with van der Waals surface area (Å²) < 4.78 is 47.7. The first-order valence-electron chi connectivity index (χ1n) is 9.11. The number of halogens is 3. The maximum atomic E-state index is 12.4. The van der Waals surface area contributed by atoms with Crippen LogP contribution in [0.4, 0.5) is 13.2 Å². The average molecular weight is 377 g/mol. The molecule has 0 aromatic heterocycles. The first-order valence-corrected chi connectivity index (χ1v) is 9.11. The molecule has 26 heavy (non-hydrogen) atoms. The van der Waals surface area contributed by atoms with Crippen LogP contribution in [-0.2, 0) is 9.47 Å². The maximum Gasteiger partial charge on any atom is 0.401 e. The number of piperazine rings is 1. The molecule has 0 aromatic rings. The van der Waals surface area contributed by atoms with E-state index in [1.165, 1.54) is 17.6 Å². The summed E-state index contributed by atoms with van der Waals surface area (Å²) in [5.74, 6) is 0.997. The lowest BCUT2D eigenvalue weighted by Crippen LogP contribution is -2.48. The number of rotatable bonds is 9. The number of nitrogens with zero attached hydrogens (tertiary/aromatic N) is 3. The van der Waals surface area contributed by atoms with Crippen molar-refractivity contribution < 1.29 is 22.6 Å². The largest absolute Gasteiger partial charge is 0.496 e. The minimum Gasteiger partial charge on any atom is -0.496 e. The molecule has 150 valence electrons. The van der Waals surface area contributed by atoms with Crippen LogP contribution >= 0.6 is 0 Å². The molecule has 5 nitrogen and oxygen atoms in total. The molecule has 0 atom stereocenters. The molecular formula is C18H30F3N3O2. The number of allylic oxidation sites excluding steroid dienone is 4. The Morgan fingerprint density at radius 2 is 1.81 bits per heavy atom. The monoisotopic (exact) mass is 377 g/mol. The van der Waals surface area contributed by atoms with Gasteiger partial charge in [-0.15, -0.1) is 0 Å². The average Bonchev–Trinajstić information content (AvgIpc) is 2.60. The first kappa shape index (κ1) is 21.1. The van der Waals surface area contributed by atoms with Crippen LogP contribution in [0.1, 0.15) is 12.8 Å². The summed E-state index contributed by atoms with van der Waals surface area (Å²) in [4.78, 5) is 5.95. The van der Waals surface area contributed by atoms with E-state index in [2.05, 4.69) is 15.9 Å². The molecule has 8 heteroatoms. The number of hydrogen-bond donors (Lipinski definition) is 0. The van der Waals surface area contributed by atoms with Gasteiger partial charge in [0.25, 0.3) is 0 Å². The normalized spacial score (nSPS) is 19.5.